The lowest BCUT2D eigenvalue weighted by molar-refractivity contribution is 0.0708. The van der Waals surface area contributed by atoms with Crippen LogP contribution in [-0.4, -0.2) is 23.4 Å². The zero-order valence-electron chi connectivity index (χ0n) is 12.6. The van der Waals surface area contributed by atoms with Gasteiger partial charge in [-0.1, -0.05) is 30.5 Å². The third-order valence-corrected chi connectivity index (χ3v) is 4.16. The minimum Gasteiger partial charge on any atom is -0.322 e. The van der Waals surface area contributed by atoms with Crippen LogP contribution in [0.4, 0.5) is 0 Å². The Labute approximate surface area is 121 Å². The van der Waals surface area contributed by atoms with Gasteiger partial charge in [-0.15, -0.1) is 0 Å². The van der Waals surface area contributed by atoms with Crippen LogP contribution >= 0.6 is 0 Å². The number of aryl methyl sites for hydroxylation is 3. The van der Waals surface area contributed by atoms with Crippen molar-refractivity contribution in [3.8, 4) is 6.07 Å². The first-order valence-electron chi connectivity index (χ1n) is 7.30. The summed E-state index contributed by atoms with van der Waals surface area (Å²) in [6.07, 6.45) is 4.37. The normalized spacial score (nSPS) is 15.1. The van der Waals surface area contributed by atoms with Crippen molar-refractivity contribution >= 4 is 5.91 Å². The molecule has 1 aromatic rings. The van der Waals surface area contributed by atoms with Gasteiger partial charge in [-0.3, -0.25) is 4.79 Å². The van der Waals surface area contributed by atoms with E-state index in [2.05, 4.69) is 6.07 Å². The molecule has 1 aliphatic rings. The molecule has 0 aliphatic heterocycles. The lowest BCUT2D eigenvalue weighted by Crippen LogP contribution is -2.39. The molecule has 0 heterocycles. The summed E-state index contributed by atoms with van der Waals surface area (Å²) in [6.45, 7) is 6.19. The number of hydrogen-bond acceptors (Lipinski definition) is 2. The van der Waals surface area contributed by atoms with Crippen LogP contribution < -0.4 is 0 Å². The Balaban J connectivity index is 2.35. The number of carbonyl (C=O) groups is 1. The highest BCUT2D eigenvalue weighted by atomic mass is 16.2. The number of hydrogen-bond donors (Lipinski definition) is 0. The molecule has 0 spiro atoms. The summed E-state index contributed by atoms with van der Waals surface area (Å²) in [7, 11) is 0. The van der Waals surface area contributed by atoms with Gasteiger partial charge in [0.2, 0.25) is 0 Å². The van der Waals surface area contributed by atoms with Crippen molar-refractivity contribution in [1.82, 2.24) is 4.90 Å². The summed E-state index contributed by atoms with van der Waals surface area (Å²) in [5.41, 5.74) is 3.96. The molecule has 2 rings (SSSR count). The van der Waals surface area contributed by atoms with Gasteiger partial charge >= 0.3 is 0 Å². The Bertz CT molecular complexity index is 528. The second-order valence-corrected chi connectivity index (χ2v) is 5.80. The molecule has 0 atom stereocenters. The van der Waals surface area contributed by atoms with E-state index in [1.165, 1.54) is 5.56 Å². The van der Waals surface area contributed by atoms with E-state index in [4.69, 9.17) is 5.26 Å². The van der Waals surface area contributed by atoms with Gasteiger partial charge in [-0.25, -0.2) is 0 Å². The predicted molar refractivity (Wildman–Crippen MR) is 79.6 cm³/mol. The summed E-state index contributed by atoms with van der Waals surface area (Å²) in [4.78, 5) is 14.6. The maximum atomic E-state index is 12.8. The predicted octanol–water partition coefficient (Wildman–Crippen LogP) is 3.52. The van der Waals surface area contributed by atoms with E-state index in [0.717, 1.165) is 42.4 Å². The van der Waals surface area contributed by atoms with Crippen molar-refractivity contribution in [2.24, 2.45) is 0 Å². The highest BCUT2D eigenvalue weighted by molar-refractivity contribution is 5.97. The van der Waals surface area contributed by atoms with E-state index in [-0.39, 0.29) is 18.5 Å². The van der Waals surface area contributed by atoms with E-state index < -0.39 is 0 Å². The van der Waals surface area contributed by atoms with E-state index in [9.17, 15) is 4.79 Å². The topological polar surface area (TPSA) is 44.1 Å². The summed E-state index contributed by atoms with van der Waals surface area (Å²) >= 11 is 0. The first-order valence-corrected chi connectivity index (χ1v) is 7.30. The fourth-order valence-electron chi connectivity index (χ4n) is 3.32. The Morgan fingerprint density at radius 3 is 2.30 bits per heavy atom. The fourth-order valence-corrected chi connectivity index (χ4v) is 3.32. The van der Waals surface area contributed by atoms with Crippen LogP contribution in [0.3, 0.4) is 0 Å². The summed E-state index contributed by atoms with van der Waals surface area (Å²) in [5.74, 6) is 0.0217. The first-order chi connectivity index (χ1) is 9.54. The van der Waals surface area contributed by atoms with Gasteiger partial charge in [0.15, 0.2) is 0 Å². The molecule has 0 saturated heterocycles. The average molecular weight is 270 g/mol. The Kier molecular flexibility index (Phi) is 4.44. The Hall–Kier alpha value is -1.82. The highest BCUT2D eigenvalue weighted by Crippen LogP contribution is 2.26. The van der Waals surface area contributed by atoms with Crippen LogP contribution in [0.15, 0.2) is 12.1 Å². The monoisotopic (exact) mass is 270 g/mol. The molecule has 0 radical (unpaired) electrons. The minimum atomic E-state index is 0.0217. The van der Waals surface area contributed by atoms with E-state index >= 15 is 0 Å². The molecule has 1 saturated carbocycles. The molecular formula is C17H22N2O. The molecular weight excluding hydrogens is 248 g/mol. The molecule has 0 unspecified atom stereocenters. The highest BCUT2D eigenvalue weighted by Gasteiger charge is 2.28. The largest absolute Gasteiger partial charge is 0.322 e. The molecule has 1 fully saturated rings. The summed E-state index contributed by atoms with van der Waals surface area (Å²) in [5, 5.41) is 9.03. The summed E-state index contributed by atoms with van der Waals surface area (Å²) < 4.78 is 0. The number of benzene rings is 1. The number of amides is 1. The van der Waals surface area contributed by atoms with Crippen LogP contribution in [-0.2, 0) is 0 Å². The molecule has 1 aromatic carbocycles. The molecule has 1 aliphatic carbocycles. The molecule has 0 bridgehead atoms. The lowest BCUT2D eigenvalue weighted by Gasteiger charge is -2.28. The van der Waals surface area contributed by atoms with Gasteiger partial charge < -0.3 is 4.90 Å². The first kappa shape index (κ1) is 14.6. The van der Waals surface area contributed by atoms with Gasteiger partial charge in [0, 0.05) is 11.6 Å². The van der Waals surface area contributed by atoms with E-state index in [1.54, 1.807) is 4.90 Å². The van der Waals surface area contributed by atoms with Crippen LogP contribution in [0.2, 0.25) is 0 Å². The van der Waals surface area contributed by atoms with Gasteiger partial charge in [0.25, 0.3) is 5.91 Å². The Morgan fingerprint density at radius 2 is 1.80 bits per heavy atom. The smallest absolute Gasteiger partial charge is 0.255 e. The van der Waals surface area contributed by atoms with Crippen molar-refractivity contribution in [2.75, 3.05) is 6.54 Å². The van der Waals surface area contributed by atoms with Gasteiger partial charge in [0.05, 0.1) is 6.07 Å². The number of nitriles is 1. The van der Waals surface area contributed by atoms with Crippen LogP contribution in [0.25, 0.3) is 0 Å². The van der Waals surface area contributed by atoms with Gasteiger partial charge in [-0.05, 0) is 44.7 Å². The molecule has 0 N–H and O–H groups in total. The standard InChI is InChI=1S/C17H22N2O/c1-12-10-13(2)16(14(3)11-12)17(20)19(9-8-18)15-6-4-5-7-15/h10-11,15H,4-7,9H2,1-3H3. The van der Waals surface area contributed by atoms with Crippen LogP contribution in [0.5, 0.6) is 0 Å². The Morgan fingerprint density at radius 1 is 1.25 bits per heavy atom. The van der Waals surface area contributed by atoms with Crippen molar-refractivity contribution in [1.29, 1.82) is 5.26 Å². The third kappa shape index (κ3) is 2.85. The lowest BCUT2D eigenvalue weighted by atomic mass is 9.98. The van der Waals surface area contributed by atoms with Gasteiger partial charge in [0.1, 0.15) is 6.54 Å². The number of rotatable bonds is 3. The third-order valence-electron chi connectivity index (χ3n) is 4.16. The summed E-state index contributed by atoms with van der Waals surface area (Å²) in [6, 6.07) is 6.47. The zero-order chi connectivity index (χ0) is 14.7. The van der Waals surface area contributed by atoms with Crippen molar-refractivity contribution in [3.05, 3.63) is 34.4 Å². The van der Waals surface area contributed by atoms with Crippen molar-refractivity contribution < 1.29 is 4.79 Å². The number of carbonyl (C=O) groups excluding carboxylic acids is 1. The molecule has 106 valence electrons. The molecule has 0 aromatic heterocycles. The van der Waals surface area contributed by atoms with Crippen LogP contribution in [0, 0.1) is 32.1 Å². The molecule has 3 heteroatoms. The minimum absolute atomic E-state index is 0.0217. The maximum absolute atomic E-state index is 12.8. The second-order valence-electron chi connectivity index (χ2n) is 5.80. The van der Waals surface area contributed by atoms with Crippen molar-refractivity contribution in [3.63, 3.8) is 0 Å². The molecule has 1 amide bonds. The molecule has 20 heavy (non-hydrogen) atoms. The second kappa shape index (κ2) is 6.09. The maximum Gasteiger partial charge on any atom is 0.255 e. The van der Waals surface area contributed by atoms with E-state index in [0.29, 0.717) is 0 Å². The van der Waals surface area contributed by atoms with Crippen molar-refractivity contribution in [2.45, 2.75) is 52.5 Å². The van der Waals surface area contributed by atoms with Gasteiger partial charge in [-0.2, -0.15) is 5.26 Å². The van der Waals surface area contributed by atoms with Crippen LogP contribution in [0.1, 0.15) is 52.7 Å². The zero-order valence-corrected chi connectivity index (χ0v) is 12.6. The SMILES string of the molecule is Cc1cc(C)c(C(=O)N(CC#N)C2CCCC2)c(C)c1. The quantitative estimate of drug-likeness (QED) is 0.789. The number of nitrogens with zero attached hydrogens (tertiary/aromatic N) is 2. The molecule has 3 nitrogen and oxygen atoms in total. The average Bonchev–Trinajstić information content (AvgIpc) is 2.87. The van der Waals surface area contributed by atoms with E-state index in [1.807, 2.05) is 32.9 Å². The fraction of sp³-hybridized carbons (Fsp3) is 0.529.